The molecule has 0 aromatic heterocycles. The predicted octanol–water partition coefficient (Wildman–Crippen LogP) is 2.35. The van der Waals surface area contributed by atoms with Crippen LogP contribution in [0, 0.1) is 11.8 Å². The molecule has 4 aliphatic rings. The first-order valence-corrected chi connectivity index (χ1v) is 10.1. The number of amides is 2. The van der Waals surface area contributed by atoms with Crippen molar-refractivity contribution in [3.8, 4) is 17.2 Å². The van der Waals surface area contributed by atoms with Gasteiger partial charge in [-0.15, -0.1) is 0 Å². The predicted molar refractivity (Wildman–Crippen MR) is 110 cm³/mol. The Kier molecular flexibility index (Phi) is 3.82. The zero-order valence-corrected chi connectivity index (χ0v) is 16.7. The topological polar surface area (TPSA) is 86.3 Å². The highest BCUT2D eigenvalue weighted by atomic mass is 16.7. The molecule has 8 nitrogen and oxygen atoms in total. The fourth-order valence-corrected chi connectivity index (χ4v) is 4.98. The number of carbonyl (C=O) groups is 2. The van der Waals surface area contributed by atoms with Crippen molar-refractivity contribution in [2.75, 3.05) is 30.7 Å². The van der Waals surface area contributed by atoms with E-state index >= 15 is 0 Å². The van der Waals surface area contributed by atoms with Crippen molar-refractivity contribution >= 4 is 23.2 Å². The third-order valence-electron chi connectivity index (χ3n) is 6.43. The smallest absolute Gasteiger partial charge is 0.234 e. The lowest BCUT2D eigenvalue weighted by Gasteiger charge is -2.23. The molecule has 2 fully saturated rings. The van der Waals surface area contributed by atoms with E-state index in [0.29, 0.717) is 29.5 Å². The van der Waals surface area contributed by atoms with Crippen LogP contribution in [0.3, 0.4) is 0 Å². The number of benzene rings is 2. The average molecular weight is 420 g/mol. The molecule has 158 valence electrons. The van der Waals surface area contributed by atoms with Gasteiger partial charge < -0.3 is 29.2 Å². The Morgan fingerprint density at radius 2 is 1.97 bits per heavy atom. The molecule has 6 rings (SSSR count). The molecule has 0 unspecified atom stereocenters. The van der Waals surface area contributed by atoms with E-state index in [9.17, 15) is 9.59 Å². The van der Waals surface area contributed by atoms with Crippen molar-refractivity contribution in [2.45, 2.75) is 11.7 Å². The van der Waals surface area contributed by atoms with E-state index in [1.54, 1.807) is 30.2 Å². The quantitative estimate of drug-likeness (QED) is 0.765. The molecule has 1 N–H and O–H groups in total. The molecular weight excluding hydrogens is 400 g/mol. The van der Waals surface area contributed by atoms with Gasteiger partial charge in [0, 0.05) is 17.4 Å². The Balaban J connectivity index is 1.26. The van der Waals surface area contributed by atoms with Gasteiger partial charge in [0.25, 0.3) is 0 Å². The lowest BCUT2D eigenvalue weighted by molar-refractivity contribution is -0.128. The maximum Gasteiger partial charge on any atom is 0.234 e. The maximum atomic E-state index is 13.4. The number of nitrogens with one attached hydrogen (secondary N) is 1. The number of rotatable bonds is 4. The first-order chi connectivity index (χ1) is 15.1. The minimum Gasteiger partial charge on any atom is -0.497 e. The van der Waals surface area contributed by atoms with Gasteiger partial charge in [-0.3, -0.25) is 9.59 Å². The van der Waals surface area contributed by atoms with Crippen molar-refractivity contribution < 1.29 is 28.5 Å². The normalized spacial score (nSPS) is 29.4. The molecule has 4 aliphatic heterocycles. The molecule has 2 bridgehead atoms. The van der Waals surface area contributed by atoms with Crippen LogP contribution in [-0.2, 0) is 14.3 Å². The second-order valence-electron chi connectivity index (χ2n) is 8.08. The SMILES string of the molecule is COc1ccc(N2C[C@@]34C=C[C@@H](O3)[C@@H](C(=O)Nc3ccc5c(c3)OCO5)[C@@H]4C2=O)cc1. The number of nitrogens with zero attached hydrogens (tertiary/aromatic N) is 1. The monoisotopic (exact) mass is 420 g/mol. The summed E-state index contributed by atoms with van der Waals surface area (Å²) < 4.78 is 22.1. The Hall–Kier alpha value is -3.52. The molecule has 31 heavy (non-hydrogen) atoms. The molecular formula is C23H20N2O6. The summed E-state index contributed by atoms with van der Waals surface area (Å²) in [6.07, 6.45) is 3.42. The summed E-state index contributed by atoms with van der Waals surface area (Å²) in [5, 5.41) is 2.92. The Labute approximate surface area is 178 Å². The molecule has 8 heteroatoms. The Morgan fingerprint density at radius 1 is 1.16 bits per heavy atom. The van der Waals surface area contributed by atoms with Crippen molar-refractivity contribution in [3.05, 3.63) is 54.6 Å². The van der Waals surface area contributed by atoms with Crippen LogP contribution in [0.25, 0.3) is 0 Å². The van der Waals surface area contributed by atoms with Crippen molar-refractivity contribution in [3.63, 3.8) is 0 Å². The van der Waals surface area contributed by atoms with E-state index in [1.807, 2.05) is 36.4 Å². The summed E-state index contributed by atoms with van der Waals surface area (Å²) in [4.78, 5) is 28.3. The molecule has 2 saturated heterocycles. The lowest BCUT2D eigenvalue weighted by atomic mass is 9.77. The fraction of sp³-hybridized carbons (Fsp3) is 0.304. The highest BCUT2D eigenvalue weighted by Gasteiger charge is 2.67. The summed E-state index contributed by atoms with van der Waals surface area (Å²) in [5.74, 6) is 0.412. The highest BCUT2D eigenvalue weighted by molar-refractivity contribution is 6.05. The zero-order chi connectivity index (χ0) is 21.2. The minimum atomic E-state index is -0.779. The van der Waals surface area contributed by atoms with E-state index in [-0.39, 0.29) is 18.6 Å². The summed E-state index contributed by atoms with van der Waals surface area (Å²) in [5.41, 5.74) is 0.566. The van der Waals surface area contributed by atoms with Gasteiger partial charge in [0.15, 0.2) is 11.5 Å². The van der Waals surface area contributed by atoms with Crippen LogP contribution in [-0.4, -0.2) is 44.0 Å². The first-order valence-electron chi connectivity index (χ1n) is 10.1. The van der Waals surface area contributed by atoms with Gasteiger partial charge in [0.2, 0.25) is 18.6 Å². The van der Waals surface area contributed by atoms with Gasteiger partial charge in [-0.2, -0.15) is 0 Å². The van der Waals surface area contributed by atoms with Crippen LogP contribution < -0.4 is 24.4 Å². The molecule has 2 amide bonds. The van der Waals surface area contributed by atoms with Crippen LogP contribution in [0.5, 0.6) is 17.2 Å². The van der Waals surface area contributed by atoms with Gasteiger partial charge in [-0.25, -0.2) is 0 Å². The van der Waals surface area contributed by atoms with Crippen LogP contribution >= 0.6 is 0 Å². The lowest BCUT2D eigenvalue weighted by Crippen LogP contribution is -2.41. The highest BCUT2D eigenvalue weighted by Crippen LogP contribution is 2.53. The third kappa shape index (κ3) is 2.64. The number of ether oxygens (including phenoxy) is 4. The number of carbonyl (C=O) groups excluding carboxylic acids is 2. The number of hydrogen-bond acceptors (Lipinski definition) is 6. The van der Waals surface area contributed by atoms with Gasteiger partial charge >= 0.3 is 0 Å². The van der Waals surface area contributed by atoms with Crippen molar-refractivity contribution in [1.29, 1.82) is 0 Å². The third-order valence-corrected chi connectivity index (χ3v) is 6.43. The number of hydrogen-bond donors (Lipinski definition) is 1. The summed E-state index contributed by atoms with van der Waals surface area (Å²) in [6.45, 7) is 0.542. The van der Waals surface area contributed by atoms with Gasteiger partial charge in [-0.1, -0.05) is 12.2 Å². The molecule has 0 radical (unpaired) electrons. The second kappa shape index (κ2) is 6.49. The largest absolute Gasteiger partial charge is 0.497 e. The Morgan fingerprint density at radius 3 is 2.77 bits per heavy atom. The molecule has 4 atom stereocenters. The van der Waals surface area contributed by atoms with Crippen LogP contribution in [0.15, 0.2) is 54.6 Å². The molecule has 0 saturated carbocycles. The van der Waals surface area contributed by atoms with E-state index in [0.717, 1.165) is 5.69 Å². The van der Waals surface area contributed by atoms with E-state index in [1.165, 1.54) is 0 Å². The zero-order valence-electron chi connectivity index (χ0n) is 16.7. The molecule has 0 aliphatic carbocycles. The number of fused-ring (bicyclic) bond motifs is 2. The van der Waals surface area contributed by atoms with Crippen molar-refractivity contribution in [1.82, 2.24) is 0 Å². The maximum absolute atomic E-state index is 13.4. The van der Waals surface area contributed by atoms with Crippen LogP contribution in [0.4, 0.5) is 11.4 Å². The number of anilines is 2. The summed E-state index contributed by atoms with van der Waals surface area (Å²) in [7, 11) is 1.60. The fourth-order valence-electron chi connectivity index (χ4n) is 4.98. The van der Waals surface area contributed by atoms with Gasteiger partial charge in [0.1, 0.15) is 11.4 Å². The standard InChI is InChI=1S/C23H20N2O6/c1-28-15-5-3-14(4-6-15)25-11-23-9-8-17(31-23)19(20(23)22(25)27)21(26)24-13-2-7-16-18(10-13)30-12-29-16/h2-10,17,19-20H,11-12H2,1H3,(H,24,26)/t17-,19-,20-,23-/m1/s1. The van der Waals surface area contributed by atoms with E-state index in [2.05, 4.69) is 5.32 Å². The summed E-state index contributed by atoms with van der Waals surface area (Å²) in [6, 6.07) is 12.5. The second-order valence-corrected chi connectivity index (χ2v) is 8.08. The van der Waals surface area contributed by atoms with Crippen molar-refractivity contribution in [2.24, 2.45) is 11.8 Å². The van der Waals surface area contributed by atoms with Gasteiger partial charge in [-0.05, 0) is 36.4 Å². The van der Waals surface area contributed by atoms with Gasteiger partial charge in [0.05, 0.1) is 31.6 Å². The molecule has 2 aromatic rings. The van der Waals surface area contributed by atoms with Crippen LogP contribution in [0.2, 0.25) is 0 Å². The average Bonchev–Trinajstić information content (AvgIpc) is 3.54. The van der Waals surface area contributed by atoms with E-state index < -0.39 is 23.5 Å². The molecule has 4 heterocycles. The molecule has 2 aromatic carbocycles. The minimum absolute atomic E-state index is 0.108. The molecule has 1 spiro atoms. The first kappa shape index (κ1) is 18.3. The number of methoxy groups -OCH3 is 1. The summed E-state index contributed by atoms with van der Waals surface area (Å²) >= 11 is 0. The van der Waals surface area contributed by atoms with E-state index in [4.69, 9.17) is 18.9 Å². The Bertz CT molecular complexity index is 1110. The van der Waals surface area contributed by atoms with Crippen LogP contribution in [0.1, 0.15) is 0 Å².